The fraction of sp³-hybridized carbons (Fsp3) is 0.350. The number of hydrogen-bond donors (Lipinski definition) is 1. The van der Waals surface area contributed by atoms with Crippen molar-refractivity contribution in [2.45, 2.75) is 19.6 Å². The zero-order chi connectivity index (χ0) is 19.0. The molecule has 0 aliphatic carbocycles. The van der Waals surface area contributed by atoms with Crippen molar-refractivity contribution in [3.05, 3.63) is 54.1 Å². The molecule has 1 atom stereocenters. The molecule has 0 heterocycles. The first-order chi connectivity index (χ1) is 12.6. The zero-order valence-electron chi connectivity index (χ0n) is 15.9. The summed E-state index contributed by atoms with van der Waals surface area (Å²) < 4.78 is 22.5. The maximum absolute atomic E-state index is 6.02. The lowest BCUT2D eigenvalue weighted by Gasteiger charge is -2.33. The van der Waals surface area contributed by atoms with Crippen LogP contribution >= 0.6 is 7.34 Å². The van der Waals surface area contributed by atoms with E-state index in [4.69, 9.17) is 18.5 Å². The lowest BCUT2D eigenvalue weighted by Crippen LogP contribution is -2.15. The third kappa shape index (κ3) is 5.04. The predicted octanol–water partition coefficient (Wildman–Crippen LogP) is 5.17. The molecule has 6 heteroatoms. The van der Waals surface area contributed by atoms with Gasteiger partial charge in [-0.3, -0.25) is 0 Å². The minimum Gasteiger partial charge on any atom is -0.497 e. The Hall–Kier alpha value is -1.94. The highest BCUT2D eigenvalue weighted by molar-refractivity contribution is 7.64. The molecule has 0 saturated carbocycles. The monoisotopic (exact) mass is 377 g/mol. The highest BCUT2D eigenvalue weighted by Gasteiger charge is 2.29. The van der Waals surface area contributed by atoms with Gasteiger partial charge in [-0.2, -0.15) is 0 Å². The lowest BCUT2D eigenvalue weighted by atomic mass is 10.2. The summed E-state index contributed by atoms with van der Waals surface area (Å²) >= 11 is 0. The molecule has 0 bridgehead atoms. The third-order valence-electron chi connectivity index (χ3n) is 3.91. The first-order valence-electron chi connectivity index (χ1n) is 8.63. The molecule has 142 valence electrons. The molecule has 5 nitrogen and oxygen atoms in total. The third-order valence-corrected chi connectivity index (χ3v) is 6.52. The van der Waals surface area contributed by atoms with E-state index in [1.165, 1.54) is 0 Å². The number of methoxy groups -OCH3 is 2. The molecular formula is C20H28NO4P. The Morgan fingerprint density at radius 1 is 0.846 bits per heavy atom. The molecular weight excluding hydrogens is 349 g/mol. The highest BCUT2D eigenvalue weighted by Crippen LogP contribution is 2.60. The van der Waals surface area contributed by atoms with Gasteiger partial charge in [-0.25, -0.2) is 0 Å². The summed E-state index contributed by atoms with van der Waals surface area (Å²) in [5, 5.41) is 3.53. The van der Waals surface area contributed by atoms with Crippen LogP contribution in [0.25, 0.3) is 0 Å². The van der Waals surface area contributed by atoms with Crippen molar-refractivity contribution in [2.75, 3.05) is 32.8 Å². The summed E-state index contributed by atoms with van der Waals surface area (Å²) in [7, 11) is 0.864. The van der Waals surface area contributed by atoms with Crippen molar-refractivity contribution < 1.29 is 18.5 Å². The molecule has 0 amide bonds. The van der Waals surface area contributed by atoms with Crippen LogP contribution in [-0.2, 0) is 9.05 Å². The number of anilines is 1. The molecule has 1 unspecified atom stereocenters. The number of hydrogen-bond acceptors (Lipinski definition) is 5. The van der Waals surface area contributed by atoms with Gasteiger partial charge < -0.3 is 23.8 Å². The van der Waals surface area contributed by atoms with Crippen LogP contribution in [0.3, 0.4) is 0 Å². The Morgan fingerprint density at radius 2 is 1.31 bits per heavy atom. The summed E-state index contributed by atoms with van der Waals surface area (Å²) in [4.78, 5) is 0. The maximum Gasteiger partial charge on any atom is 0.143 e. The van der Waals surface area contributed by atoms with Crippen molar-refractivity contribution in [1.82, 2.24) is 0 Å². The molecule has 0 aromatic heterocycles. The molecule has 2 rings (SSSR count). The Balaban J connectivity index is 2.39. The second kappa shape index (κ2) is 9.67. The van der Waals surface area contributed by atoms with Gasteiger partial charge in [-0.05, 0) is 62.1 Å². The zero-order valence-corrected chi connectivity index (χ0v) is 16.8. The Kier molecular flexibility index (Phi) is 7.58. The van der Waals surface area contributed by atoms with Crippen molar-refractivity contribution >= 4 is 19.3 Å². The van der Waals surface area contributed by atoms with Crippen LogP contribution in [0.2, 0.25) is 0 Å². The minimum absolute atomic E-state index is 0.207. The maximum atomic E-state index is 6.02. The molecule has 0 aliphatic rings. The molecule has 26 heavy (non-hydrogen) atoms. The van der Waals surface area contributed by atoms with Gasteiger partial charge in [0.25, 0.3) is 0 Å². The SMILES string of the molecule is C=P(OCC)(OCC)C(Nc1ccc(OC)cc1)c1ccc(OC)cc1. The van der Waals surface area contributed by atoms with Gasteiger partial charge in [0.2, 0.25) is 0 Å². The van der Waals surface area contributed by atoms with Gasteiger partial charge in [-0.15, -0.1) is 0 Å². The largest absolute Gasteiger partial charge is 0.497 e. The van der Waals surface area contributed by atoms with E-state index in [9.17, 15) is 0 Å². The van der Waals surface area contributed by atoms with Gasteiger partial charge in [-0.1, -0.05) is 12.1 Å². The molecule has 2 aromatic rings. The molecule has 0 fully saturated rings. The summed E-state index contributed by atoms with van der Waals surface area (Å²) in [5.74, 6) is 1.40. The van der Waals surface area contributed by atoms with E-state index in [0.717, 1.165) is 22.7 Å². The van der Waals surface area contributed by atoms with Crippen LogP contribution in [0.4, 0.5) is 5.69 Å². The van der Waals surface area contributed by atoms with Crippen molar-refractivity contribution in [1.29, 1.82) is 0 Å². The quantitative estimate of drug-likeness (QED) is 0.579. The standard InChI is InChI=1S/C20H28NO4P/c1-6-24-26(5,25-7-2)20(16-8-12-18(22-3)13-9-16)21-17-10-14-19(23-4)15-11-17/h8-15,20-21H,5-7H2,1-4H3. The first kappa shape index (κ1) is 20.4. The Labute approximate surface area is 156 Å². The molecule has 0 saturated heterocycles. The molecule has 0 aliphatic heterocycles. The lowest BCUT2D eigenvalue weighted by molar-refractivity contribution is 0.260. The summed E-state index contributed by atoms with van der Waals surface area (Å²) in [5.41, 5.74) is 1.98. The summed E-state index contributed by atoms with van der Waals surface area (Å²) in [6.07, 6.45) is 4.35. The van der Waals surface area contributed by atoms with Gasteiger partial charge in [0.1, 0.15) is 24.6 Å². The average Bonchev–Trinajstić information content (AvgIpc) is 2.67. The highest BCUT2D eigenvalue weighted by atomic mass is 31.2. The van der Waals surface area contributed by atoms with Crippen LogP contribution in [-0.4, -0.2) is 33.7 Å². The van der Waals surface area contributed by atoms with Crippen molar-refractivity contribution in [3.63, 3.8) is 0 Å². The van der Waals surface area contributed by atoms with Crippen molar-refractivity contribution in [2.24, 2.45) is 0 Å². The van der Waals surface area contributed by atoms with E-state index in [0.29, 0.717) is 13.2 Å². The molecule has 1 N–H and O–H groups in total. The average molecular weight is 377 g/mol. The number of nitrogens with one attached hydrogen (secondary N) is 1. The number of benzene rings is 2. The number of rotatable bonds is 10. The van der Waals surface area contributed by atoms with Crippen LogP contribution in [0.5, 0.6) is 11.5 Å². The van der Waals surface area contributed by atoms with E-state index in [2.05, 4.69) is 11.6 Å². The van der Waals surface area contributed by atoms with E-state index in [1.807, 2.05) is 62.4 Å². The van der Waals surface area contributed by atoms with E-state index >= 15 is 0 Å². The van der Waals surface area contributed by atoms with Gasteiger partial charge in [0.05, 0.1) is 27.4 Å². The van der Waals surface area contributed by atoms with E-state index < -0.39 is 7.34 Å². The van der Waals surface area contributed by atoms with Gasteiger partial charge >= 0.3 is 0 Å². The second-order valence-corrected chi connectivity index (χ2v) is 8.10. The van der Waals surface area contributed by atoms with Crippen molar-refractivity contribution in [3.8, 4) is 11.5 Å². The Bertz CT molecular complexity index is 706. The summed E-state index contributed by atoms with van der Waals surface area (Å²) in [6.45, 7) is 4.98. The predicted molar refractivity (Wildman–Crippen MR) is 110 cm³/mol. The fourth-order valence-electron chi connectivity index (χ4n) is 2.66. The second-order valence-electron chi connectivity index (χ2n) is 5.61. The topological polar surface area (TPSA) is 49.0 Å². The fourth-order valence-corrected chi connectivity index (χ4v) is 4.88. The molecule has 0 radical (unpaired) electrons. The molecule has 0 spiro atoms. The van der Waals surface area contributed by atoms with Gasteiger partial charge in [0, 0.05) is 5.69 Å². The molecule has 2 aromatic carbocycles. The summed E-state index contributed by atoms with van der Waals surface area (Å²) in [6, 6.07) is 15.7. The first-order valence-corrected chi connectivity index (χ1v) is 10.5. The minimum atomic E-state index is -2.44. The van der Waals surface area contributed by atoms with Crippen LogP contribution < -0.4 is 14.8 Å². The van der Waals surface area contributed by atoms with E-state index in [-0.39, 0.29) is 5.78 Å². The Morgan fingerprint density at radius 3 is 1.73 bits per heavy atom. The van der Waals surface area contributed by atoms with Crippen LogP contribution in [0, 0.1) is 0 Å². The van der Waals surface area contributed by atoms with Gasteiger partial charge in [0.15, 0.2) is 0 Å². The van der Waals surface area contributed by atoms with Crippen LogP contribution in [0.15, 0.2) is 48.5 Å². The van der Waals surface area contributed by atoms with E-state index in [1.54, 1.807) is 14.2 Å². The van der Waals surface area contributed by atoms with Crippen LogP contribution in [0.1, 0.15) is 25.2 Å². The normalized spacial score (nSPS) is 12.5. The smallest absolute Gasteiger partial charge is 0.143 e. The number of ether oxygens (including phenoxy) is 2.